The van der Waals surface area contributed by atoms with Crippen molar-refractivity contribution in [3.63, 3.8) is 0 Å². The van der Waals surface area contributed by atoms with E-state index in [4.69, 9.17) is 4.42 Å². The molecule has 5 heteroatoms. The van der Waals surface area contributed by atoms with Crippen LogP contribution in [0.4, 0.5) is 0 Å². The summed E-state index contributed by atoms with van der Waals surface area (Å²) in [5, 5.41) is 5.33. The average Bonchev–Trinajstić information content (AvgIpc) is 3.36. The maximum Gasteiger partial charge on any atom is 0.234 e. The summed E-state index contributed by atoms with van der Waals surface area (Å²) in [7, 11) is 0. The first-order valence-electron chi connectivity index (χ1n) is 9.42. The fourth-order valence-corrected chi connectivity index (χ4v) is 4.51. The summed E-state index contributed by atoms with van der Waals surface area (Å²) < 4.78 is 5.49. The van der Waals surface area contributed by atoms with Crippen molar-refractivity contribution in [1.29, 1.82) is 0 Å². The number of hydrogen-bond donors (Lipinski definition) is 1. The lowest BCUT2D eigenvalue weighted by molar-refractivity contribution is -0.123. The predicted octanol–water partition coefficient (Wildman–Crippen LogP) is 4.54. The molecule has 0 bridgehead atoms. The first-order valence-corrected chi connectivity index (χ1v) is 10.3. The number of furan rings is 1. The van der Waals surface area contributed by atoms with Crippen LogP contribution in [0.3, 0.4) is 0 Å². The Morgan fingerprint density at radius 1 is 1.15 bits per heavy atom. The van der Waals surface area contributed by atoms with Crippen LogP contribution in [-0.4, -0.2) is 17.4 Å². The maximum absolute atomic E-state index is 12.8. The van der Waals surface area contributed by atoms with Gasteiger partial charge in [0.05, 0.1) is 25.4 Å². The zero-order valence-corrected chi connectivity index (χ0v) is 16.1. The molecule has 1 aliphatic rings. The third kappa shape index (κ3) is 4.67. The second kappa shape index (κ2) is 8.55. The van der Waals surface area contributed by atoms with E-state index >= 15 is 0 Å². The SMILES string of the molecule is O=C(CN(Cc1ccco1)Cc1cccs1)N[C@@H]1CCCc2ccccc21. The van der Waals surface area contributed by atoms with Crippen LogP contribution in [0.15, 0.2) is 64.6 Å². The van der Waals surface area contributed by atoms with Gasteiger partial charge in [-0.3, -0.25) is 9.69 Å². The molecular formula is C22H24N2O2S. The number of rotatable bonds is 7. The van der Waals surface area contributed by atoms with Gasteiger partial charge < -0.3 is 9.73 Å². The van der Waals surface area contributed by atoms with Gasteiger partial charge in [-0.2, -0.15) is 0 Å². The molecule has 0 aliphatic heterocycles. The third-order valence-corrected chi connectivity index (χ3v) is 5.85. The van der Waals surface area contributed by atoms with Gasteiger partial charge in [0.1, 0.15) is 5.76 Å². The van der Waals surface area contributed by atoms with Crippen LogP contribution >= 0.6 is 11.3 Å². The van der Waals surface area contributed by atoms with E-state index < -0.39 is 0 Å². The first kappa shape index (κ1) is 18.0. The van der Waals surface area contributed by atoms with Crippen molar-refractivity contribution in [1.82, 2.24) is 10.2 Å². The van der Waals surface area contributed by atoms with E-state index in [1.54, 1.807) is 17.6 Å². The molecule has 3 aromatic rings. The molecule has 0 radical (unpaired) electrons. The van der Waals surface area contributed by atoms with Crippen molar-refractivity contribution >= 4 is 17.2 Å². The Hall–Kier alpha value is -2.37. The normalized spacial score (nSPS) is 16.3. The highest BCUT2D eigenvalue weighted by Gasteiger charge is 2.22. The van der Waals surface area contributed by atoms with Crippen molar-refractivity contribution in [3.8, 4) is 0 Å². The molecule has 2 aromatic heterocycles. The molecule has 1 aliphatic carbocycles. The lowest BCUT2D eigenvalue weighted by Gasteiger charge is -2.28. The molecule has 27 heavy (non-hydrogen) atoms. The molecule has 0 unspecified atom stereocenters. The minimum absolute atomic E-state index is 0.0693. The number of nitrogens with one attached hydrogen (secondary N) is 1. The summed E-state index contributed by atoms with van der Waals surface area (Å²) >= 11 is 1.71. The van der Waals surface area contributed by atoms with Crippen molar-refractivity contribution in [2.45, 2.75) is 38.4 Å². The van der Waals surface area contributed by atoms with Crippen LogP contribution in [0, 0.1) is 0 Å². The molecule has 1 atom stereocenters. The average molecular weight is 381 g/mol. The second-order valence-corrected chi connectivity index (χ2v) is 8.05. The molecule has 140 valence electrons. The molecular weight excluding hydrogens is 356 g/mol. The fraction of sp³-hybridized carbons (Fsp3) is 0.318. The van der Waals surface area contributed by atoms with Gasteiger partial charge in [-0.25, -0.2) is 0 Å². The van der Waals surface area contributed by atoms with Gasteiger partial charge in [0.2, 0.25) is 5.91 Å². The number of nitrogens with zero attached hydrogens (tertiary/aromatic N) is 1. The van der Waals surface area contributed by atoms with Gasteiger partial charge in [0.15, 0.2) is 0 Å². The second-order valence-electron chi connectivity index (χ2n) is 7.02. The van der Waals surface area contributed by atoms with E-state index in [0.29, 0.717) is 13.1 Å². The summed E-state index contributed by atoms with van der Waals surface area (Å²) in [6.45, 7) is 1.73. The summed E-state index contributed by atoms with van der Waals surface area (Å²) in [6.07, 6.45) is 4.91. The molecule has 1 N–H and O–H groups in total. The Morgan fingerprint density at radius 2 is 2.07 bits per heavy atom. The molecule has 0 saturated carbocycles. The number of thiophene rings is 1. The Kier molecular flexibility index (Phi) is 5.70. The van der Waals surface area contributed by atoms with Crippen LogP contribution in [-0.2, 0) is 24.3 Å². The van der Waals surface area contributed by atoms with Crippen molar-refractivity contribution in [3.05, 3.63) is 81.9 Å². The number of fused-ring (bicyclic) bond motifs is 1. The van der Waals surface area contributed by atoms with E-state index in [-0.39, 0.29) is 11.9 Å². The Bertz CT molecular complexity index is 822. The first-order chi connectivity index (χ1) is 13.3. The molecule has 2 heterocycles. The van der Waals surface area contributed by atoms with E-state index in [1.165, 1.54) is 16.0 Å². The summed E-state index contributed by atoms with van der Waals surface area (Å²) in [6, 6.07) is 16.6. The minimum atomic E-state index is 0.0693. The zero-order chi connectivity index (χ0) is 18.5. The van der Waals surface area contributed by atoms with Crippen LogP contribution in [0.25, 0.3) is 0 Å². The molecule has 1 aromatic carbocycles. The quantitative estimate of drug-likeness (QED) is 0.655. The zero-order valence-electron chi connectivity index (χ0n) is 15.3. The van der Waals surface area contributed by atoms with E-state index in [1.807, 2.05) is 18.2 Å². The third-order valence-electron chi connectivity index (χ3n) is 4.99. The largest absolute Gasteiger partial charge is 0.468 e. The van der Waals surface area contributed by atoms with Gasteiger partial charge in [-0.05, 0) is 54.0 Å². The number of aryl methyl sites for hydroxylation is 1. The highest BCUT2D eigenvalue weighted by Crippen LogP contribution is 2.29. The highest BCUT2D eigenvalue weighted by molar-refractivity contribution is 7.09. The van der Waals surface area contributed by atoms with Gasteiger partial charge in [-0.1, -0.05) is 30.3 Å². The molecule has 0 spiro atoms. The van der Waals surface area contributed by atoms with E-state index in [9.17, 15) is 4.79 Å². The van der Waals surface area contributed by atoms with Crippen molar-refractivity contribution < 1.29 is 9.21 Å². The van der Waals surface area contributed by atoms with Crippen LogP contribution in [0.1, 0.15) is 40.6 Å². The number of carbonyl (C=O) groups is 1. The smallest absolute Gasteiger partial charge is 0.234 e. The van der Waals surface area contributed by atoms with Gasteiger partial charge in [0.25, 0.3) is 0 Å². The Balaban J connectivity index is 1.42. The number of amides is 1. The summed E-state index contributed by atoms with van der Waals surface area (Å²) in [5.41, 5.74) is 2.63. The van der Waals surface area contributed by atoms with Crippen molar-refractivity contribution in [2.24, 2.45) is 0 Å². The lowest BCUT2D eigenvalue weighted by Crippen LogP contribution is -2.39. The summed E-state index contributed by atoms with van der Waals surface area (Å²) in [5.74, 6) is 0.946. The Labute approximate surface area is 163 Å². The minimum Gasteiger partial charge on any atom is -0.468 e. The molecule has 4 nitrogen and oxygen atoms in total. The number of hydrogen-bond acceptors (Lipinski definition) is 4. The van der Waals surface area contributed by atoms with Crippen LogP contribution in [0.5, 0.6) is 0 Å². The topological polar surface area (TPSA) is 45.5 Å². The standard InChI is InChI=1S/C22H24N2O2S/c25-22(23-21-11-3-7-17-6-1-2-10-20(17)21)16-24(14-18-8-4-12-26-18)15-19-9-5-13-27-19/h1-2,4-6,8-10,12-13,21H,3,7,11,14-16H2,(H,23,25)/t21-/m1/s1. The van der Waals surface area contributed by atoms with Crippen LogP contribution < -0.4 is 5.32 Å². The molecule has 0 fully saturated rings. The highest BCUT2D eigenvalue weighted by atomic mass is 32.1. The van der Waals surface area contributed by atoms with E-state index in [0.717, 1.165) is 31.6 Å². The molecule has 4 rings (SSSR count). The predicted molar refractivity (Wildman–Crippen MR) is 107 cm³/mol. The van der Waals surface area contributed by atoms with Gasteiger partial charge in [-0.15, -0.1) is 11.3 Å². The molecule has 1 amide bonds. The van der Waals surface area contributed by atoms with E-state index in [2.05, 4.69) is 45.9 Å². The van der Waals surface area contributed by atoms with Crippen molar-refractivity contribution in [2.75, 3.05) is 6.54 Å². The fourth-order valence-electron chi connectivity index (χ4n) is 3.76. The van der Waals surface area contributed by atoms with Gasteiger partial charge >= 0.3 is 0 Å². The molecule has 0 saturated heterocycles. The number of carbonyl (C=O) groups excluding carboxylic acids is 1. The summed E-state index contributed by atoms with van der Waals surface area (Å²) in [4.78, 5) is 16.2. The maximum atomic E-state index is 12.8. The monoisotopic (exact) mass is 380 g/mol. The Morgan fingerprint density at radius 3 is 2.89 bits per heavy atom. The van der Waals surface area contributed by atoms with Crippen LogP contribution in [0.2, 0.25) is 0 Å². The lowest BCUT2D eigenvalue weighted by atomic mass is 9.88. The number of benzene rings is 1. The van der Waals surface area contributed by atoms with Gasteiger partial charge in [0, 0.05) is 11.4 Å².